The van der Waals surface area contributed by atoms with Gasteiger partial charge in [-0.05, 0) is 11.5 Å². The molecule has 4 aromatic rings. The second-order valence-corrected chi connectivity index (χ2v) is 5.24. The molecule has 2 nitrogen and oxygen atoms in total. The van der Waals surface area contributed by atoms with E-state index in [1.54, 1.807) is 0 Å². The van der Waals surface area contributed by atoms with Crippen LogP contribution in [0.2, 0.25) is 0 Å². The van der Waals surface area contributed by atoms with Crippen molar-refractivity contribution in [1.29, 1.82) is 0 Å². The predicted octanol–water partition coefficient (Wildman–Crippen LogP) is 4.62. The van der Waals surface area contributed by atoms with Gasteiger partial charge in [-0.15, -0.1) is 0 Å². The fourth-order valence-corrected chi connectivity index (χ4v) is 2.84. The Balaban J connectivity index is 2.06. The first-order chi connectivity index (χ1) is 10.8. The molecule has 0 atom stereocenters. The van der Waals surface area contributed by atoms with Crippen molar-refractivity contribution in [2.45, 2.75) is 0 Å². The zero-order chi connectivity index (χ0) is 14.9. The normalized spacial score (nSPS) is 10.9. The molecule has 1 aromatic heterocycles. The average Bonchev–Trinajstić information content (AvgIpc) is 2.61. The van der Waals surface area contributed by atoms with Crippen LogP contribution in [-0.4, -0.2) is 10.8 Å². The van der Waals surface area contributed by atoms with Gasteiger partial charge in [-0.25, -0.2) is 0 Å². The lowest BCUT2D eigenvalue weighted by Gasteiger charge is -2.08. The SMILES string of the molecule is O=C(c1ccccc1)c1cccc2ncc3ccccc3c12. The second kappa shape index (κ2) is 5.08. The Hall–Kier alpha value is -3.00. The molecule has 0 saturated heterocycles. The van der Waals surface area contributed by atoms with Crippen LogP contribution in [0.5, 0.6) is 0 Å². The molecule has 0 radical (unpaired) electrons. The Morgan fingerprint density at radius 3 is 2.41 bits per heavy atom. The number of aromatic nitrogens is 1. The van der Waals surface area contributed by atoms with Gasteiger partial charge in [0.1, 0.15) is 0 Å². The minimum absolute atomic E-state index is 0.0318. The summed E-state index contributed by atoms with van der Waals surface area (Å²) in [6.45, 7) is 0. The highest BCUT2D eigenvalue weighted by molar-refractivity contribution is 6.21. The minimum Gasteiger partial charge on any atom is -0.289 e. The van der Waals surface area contributed by atoms with Crippen molar-refractivity contribution in [2.75, 3.05) is 0 Å². The van der Waals surface area contributed by atoms with Crippen LogP contribution in [0.3, 0.4) is 0 Å². The fourth-order valence-electron chi connectivity index (χ4n) is 2.84. The molecule has 0 fully saturated rings. The zero-order valence-electron chi connectivity index (χ0n) is 11.9. The molecule has 0 aliphatic rings. The molecule has 0 saturated carbocycles. The van der Waals surface area contributed by atoms with E-state index in [0.29, 0.717) is 11.1 Å². The number of benzene rings is 3. The van der Waals surface area contributed by atoms with Gasteiger partial charge in [0.2, 0.25) is 0 Å². The topological polar surface area (TPSA) is 30.0 Å². The van der Waals surface area contributed by atoms with Gasteiger partial charge in [0.05, 0.1) is 5.52 Å². The summed E-state index contributed by atoms with van der Waals surface area (Å²) in [5.41, 5.74) is 2.25. The van der Waals surface area contributed by atoms with Gasteiger partial charge >= 0.3 is 0 Å². The lowest BCUT2D eigenvalue weighted by molar-refractivity contribution is 0.104. The van der Waals surface area contributed by atoms with Crippen molar-refractivity contribution in [1.82, 2.24) is 4.98 Å². The van der Waals surface area contributed by atoms with E-state index in [1.165, 1.54) is 0 Å². The minimum atomic E-state index is 0.0318. The van der Waals surface area contributed by atoms with Gasteiger partial charge < -0.3 is 0 Å². The highest BCUT2D eigenvalue weighted by atomic mass is 16.1. The summed E-state index contributed by atoms with van der Waals surface area (Å²) < 4.78 is 0. The lowest BCUT2D eigenvalue weighted by atomic mass is 9.96. The smallest absolute Gasteiger partial charge is 0.193 e. The Labute approximate surface area is 128 Å². The zero-order valence-corrected chi connectivity index (χ0v) is 11.9. The molecule has 0 N–H and O–H groups in total. The molecule has 4 rings (SSSR count). The van der Waals surface area contributed by atoms with Crippen molar-refractivity contribution in [3.63, 3.8) is 0 Å². The van der Waals surface area contributed by atoms with Gasteiger partial charge in [-0.1, -0.05) is 66.7 Å². The van der Waals surface area contributed by atoms with Gasteiger partial charge in [-0.2, -0.15) is 0 Å². The van der Waals surface area contributed by atoms with Crippen LogP contribution in [0, 0.1) is 0 Å². The van der Waals surface area contributed by atoms with Gasteiger partial charge in [0, 0.05) is 28.1 Å². The molecule has 3 aromatic carbocycles. The van der Waals surface area contributed by atoms with Crippen molar-refractivity contribution in [2.24, 2.45) is 0 Å². The Bertz CT molecular complexity index is 990. The van der Waals surface area contributed by atoms with Gasteiger partial charge in [0.15, 0.2) is 5.78 Å². The van der Waals surface area contributed by atoms with Crippen molar-refractivity contribution >= 4 is 27.5 Å². The summed E-state index contributed by atoms with van der Waals surface area (Å²) in [6, 6.07) is 23.1. The standard InChI is InChI=1S/C20H13NO/c22-20(14-7-2-1-3-8-14)17-11-6-12-18-19(17)16-10-5-4-9-15(16)13-21-18/h1-13H. The molecule has 0 bridgehead atoms. The van der Waals surface area contributed by atoms with Crippen LogP contribution in [-0.2, 0) is 0 Å². The largest absolute Gasteiger partial charge is 0.289 e. The molecule has 1 heterocycles. The third kappa shape index (κ3) is 1.97. The molecular formula is C20H13NO. The molecule has 0 aliphatic carbocycles. The number of ketones is 1. The van der Waals surface area contributed by atoms with Gasteiger partial charge in [-0.3, -0.25) is 9.78 Å². The van der Waals surface area contributed by atoms with Crippen LogP contribution in [0.15, 0.2) is 79.0 Å². The van der Waals surface area contributed by atoms with Gasteiger partial charge in [0.25, 0.3) is 0 Å². The van der Waals surface area contributed by atoms with Crippen LogP contribution in [0.1, 0.15) is 15.9 Å². The first-order valence-corrected chi connectivity index (χ1v) is 7.21. The quantitative estimate of drug-likeness (QED) is 0.397. The summed E-state index contributed by atoms with van der Waals surface area (Å²) in [5, 5.41) is 3.03. The Morgan fingerprint density at radius 2 is 1.55 bits per heavy atom. The van der Waals surface area contributed by atoms with Crippen LogP contribution in [0.4, 0.5) is 0 Å². The predicted molar refractivity (Wildman–Crippen MR) is 89.1 cm³/mol. The van der Waals surface area contributed by atoms with Crippen molar-refractivity contribution in [3.8, 4) is 0 Å². The molecule has 0 aliphatic heterocycles. The first kappa shape index (κ1) is 12.7. The second-order valence-electron chi connectivity index (χ2n) is 5.24. The highest BCUT2D eigenvalue weighted by Gasteiger charge is 2.14. The summed E-state index contributed by atoms with van der Waals surface area (Å²) >= 11 is 0. The van der Waals surface area contributed by atoms with E-state index in [-0.39, 0.29) is 5.78 Å². The van der Waals surface area contributed by atoms with E-state index in [1.807, 2.05) is 79.0 Å². The first-order valence-electron chi connectivity index (χ1n) is 7.21. The summed E-state index contributed by atoms with van der Waals surface area (Å²) in [4.78, 5) is 17.4. The maximum Gasteiger partial charge on any atom is 0.193 e. The third-order valence-corrected chi connectivity index (χ3v) is 3.90. The third-order valence-electron chi connectivity index (χ3n) is 3.90. The molecule has 0 spiro atoms. The van der Waals surface area contributed by atoms with Crippen molar-refractivity contribution in [3.05, 3.63) is 90.1 Å². The van der Waals surface area contributed by atoms with E-state index in [0.717, 1.165) is 21.7 Å². The molecule has 0 amide bonds. The maximum atomic E-state index is 12.9. The number of rotatable bonds is 2. The number of nitrogens with zero attached hydrogens (tertiary/aromatic N) is 1. The summed E-state index contributed by atoms with van der Waals surface area (Å²) in [5.74, 6) is 0.0318. The molecule has 22 heavy (non-hydrogen) atoms. The summed E-state index contributed by atoms with van der Waals surface area (Å²) in [7, 11) is 0. The van der Waals surface area contributed by atoms with E-state index < -0.39 is 0 Å². The lowest BCUT2D eigenvalue weighted by Crippen LogP contribution is -2.02. The number of fused-ring (bicyclic) bond motifs is 3. The van der Waals surface area contributed by atoms with Crippen LogP contribution in [0.25, 0.3) is 21.7 Å². The highest BCUT2D eigenvalue weighted by Crippen LogP contribution is 2.28. The Morgan fingerprint density at radius 1 is 0.773 bits per heavy atom. The fraction of sp³-hybridized carbons (Fsp3) is 0. The van der Waals surface area contributed by atoms with E-state index in [2.05, 4.69) is 4.98 Å². The van der Waals surface area contributed by atoms with Crippen molar-refractivity contribution < 1.29 is 4.79 Å². The van der Waals surface area contributed by atoms with E-state index in [9.17, 15) is 4.79 Å². The molecule has 104 valence electrons. The molecule has 0 unspecified atom stereocenters. The Kier molecular flexibility index (Phi) is 2.94. The molecule has 2 heteroatoms. The number of hydrogen-bond acceptors (Lipinski definition) is 2. The van der Waals surface area contributed by atoms with Crippen LogP contribution >= 0.6 is 0 Å². The number of hydrogen-bond donors (Lipinski definition) is 0. The van der Waals surface area contributed by atoms with E-state index in [4.69, 9.17) is 0 Å². The number of carbonyl (C=O) groups is 1. The summed E-state index contributed by atoms with van der Waals surface area (Å²) in [6.07, 6.45) is 1.86. The number of pyridine rings is 1. The maximum absolute atomic E-state index is 12.9. The monoisotopic (exact) mass is 283 g/mol. The average molecular weight is 283 g/mol. The number of carbonyl (C=O) groups excluding carboxylic acids is 1. The van der Waals surface area contributed by atoms with Crippen LogP contribution < -0.4 is 0 Å². The van der Waals surface area contributed by atoms with E-state index >= 15 is 0 Å². The molecular weight excluding hydrogens is 270 g/mol.